The van der Waals surface area contributed by atoms with Gasteiger partial charge in [-0.25, -0.2) is 0 Å². The fourth-order valence-electron chi connectivity index (χ4n) is 1.20. The van der Waals surface area contributed by atoms with Crippen molar-refractivity contribution in [2.75, 3.05) is 13.2 Å². The first-order valence-electron chi connectivity index (χ1n) is 5.24. The zero-order valence-corrected chi connectivity index (χ0v) is 12.6. The molecule has 1 N–H and O–H groups in total. The van der Waals surface area contributed by atoms with Crippen molar-refractivity contribution in [2.24, 2.45) is 0 Å². The lowest BCUT2D eigenvalue weighted by Gasteiger charge is -2.13. The molecule has 0 bridgehead atoms. The van der Waals surface area contributed by atoms with Gasteiger partial charge in [0.15, 0.2) is 0 Å². The molecule has 16 heavy (non-hydrogen) atoms. The van der Waals surface area contributed by atoms with Crippen LogP contribution >= 0.6 is 31.9 Å². The van der Waals surface area contributed by atoms with Crippen LogP contribution in [0.15, 0.2) is 21.2 Å². The van der Waals surface area contributed by atoms with E-state index in [0.717, 1.165) is 34.4 Å². The van der Waals surface area contributed by atoms with Crippen molar-refractivity contribution in [3.05, 3.63) is 26.9 Å². The van der Waals surface area contributed by atoms with Crippen LogP contribution in [-0.4, -0.2) is 24.2 Å². The summed E-state index contributed by atoms with van der Waals surface area (Å²) in [5.41, 5.74) is 1.01. The Balaban J connectivity index is 2.42. The predicted octanol–water partition coefficient (Wildman–Crippen LogP) is 3.12. The van der Waals surface area contributed by atoms with Crippen LogP contribution in [0.3, 0.4) is 0 Å². The smallest absolute Gasteiger partial charge is 0.0684 e. The monoisotopic (exact) mass is 350 g/mol. The van der Waals surface area contributed by atoms with E-state index in [2.05, 4.69) is 49.1 Å². The molecule has 1 heterocycles. The molecule has 0 saturated carbocycles. The predicted molar refractivity (Wildman–Crippen MR) is 72.4 cm³/mol. The summed E-state index contributed by atoms with van der Waals surface area (Å²) in [6.45, 7) is 6.32. The van der Waals surface area contributed by atoms with Crippen LogP contribution in [0.5, 0.6) is 0 Å². The number of rotatable bonds is 6. The van der Waals surface area contributed by atoms with Crippen LogP contribution in [0, 0.1) is 0 Å². The summed E-state index contributed by atoms with van der Waals surface area (Å²) in [5.74, 6) is 0. The highest BCUT2D eigenvalue weighted by Crippen LogP contribution is 2.19. The van der Waals surface area contributed by atoms with Crippen LogP contribution in [0.1, 0.15) is 19.5 Å². The summed E-state index contributed by atoms with van der Waals surface area (Å²) in [7, 11) is 0. The fraction of sp³-hybridized carbons (Fsp3) is 0.545. The van der Waals surface area contributed by atoms with Gasteiger partial charge in [0.25, 0.3) is 0 Å². The molecule has 3 nitrogen and oxygen atoms in total. The van der Waals surface area contributed by atoms with E-state index in [1.165, 1.54) is 0 Å². The van der Waals surface area contributed by atoms with Gasteiger partial charge < -0.3 is 10.1 Å². The van der Waals surface area contributed by atoms with Gasteiger partial charge in [-0.05, 0) is 51.8 Å². The molecule has 0 aromatic carbocycles. The van der Waals surface area contributed by atoms with E-state index in [9.17, 15) is 0 Å². The van der Waals surface area contributed by atoms with Crippen molar-refractivity contribution in [3.8, 4) is 0 Å². The molecule has 0 amide bonds. The summed E-state index contributed by atoms with van der Waals surface area (Å²) in [4.78, 5) is 4.33. The normalized spacial score (nSPS) is 12.8. The molecular formula is C11H16Br2N2O. The molecule has 1 atom stereocenters. The molecule has 1 aromatic rings. The highest BCUT2D eigenvalue weighted by atomic mass is 79.9. The third-order valence-corrected chi connectivity index (χ3v) is 3.19. The second kappa shape index (κ2) is 7.37. The highest BCUT2D eigenvalue weighted by molar-refractivity contribution is 9.11. The van der Waals surface area contributed by atoms with E-state index in [1.54, 1.807) is 6.20 Å². The van der Waals surface area contributed by atoms with Gasteiger partial charge in [0.05, 0.1) is 12.3 Å². The van der Waals surface area contributed by atoms with Gasteiger partial charge in [-0.1, -0.05) is 0 Å². The van der Waals surface area contributed by atoms with Gasteiger partial charge in [-0.3, -0.25) is 4.98 Å². The SMILES string of the molecule is CCOCC(C)NCc1ncc(Br)cc1Br. The molecule has 0 aliphatic carbocycles. The van der Waals surface area contributed by atoms with Crippen molar-refractivity contribution in [3.63, 3.8) is 0 Å². The molecule has 0 fully saturated rings. The lowest BCUT2D eigenvalue weighted by molar-refractivity contribution is 0.127. The highest BCUT2D eigenvalue weighted by Gasteiger charge is 2.05. The van der Waals surface area contributed by atoms with Crippen molar-refractivity contribution in [1.29, 1.82) is 0 Å². The zero-order valence-electron chi connectivity index (χ0n) is 9.46. The van der Waals surface area contributed by atoms with Crippen LogP contribution < -0.4 is 5.32 Å². The van der Waals surface area contributed by atoms with Crippen molar-refractivity contribution in [1.82, 2.24) is 10.3 Å². The minimum Gasteiger partial charge on any atom is -0.380 e. The van der Waals surface area contributed by atoms with E-state index in [0.29, 0.717) is 6.04 Å². The maximum absolute atomic E-state index is 5.33. The van der Waals surface area contributed by atoms with Crippen molar-refractivity contribution in [2.45, 2.75) is 26.4 Å². The molecular weight excluding hydrogens is 336 g/mol. The van der Waals surface area contributed by atoms with Crippen LogP contribution in [0.25, 0.3) is 0 Å². The van der Waals surface area contributed by atoms with Crippen molar-refractivity contribution >= 4 is 31.9 Å². The lowest BCUT2D eigenvalue weighted by Crippen LogP contribution is -2.30. The third-order valence-electron chi connectivity index (χ3n) is 2.07. The number of nitrogens with one attached hydrogen (secondary N) is 1. The Morgan fingerprint density at radius 2 is 2.25 bits per heavy atom. The largest absolute Gasteiger partial charge is 0.380 e. The molecule has 5 heteroatoms. The number of halogens is 2. The van der Waals surface area contributed by atoms with Gasteiger partial charge in [0.2, 0.25) is 0 Å². The molecule has 1 aromatic heterocycles. The summed E-state index contributed by atoms with van der Waals surface area (Å²) in [6, 6.07) is 2.33. The number of aromatic nitrogens is 1. The van der Waals surface area contributed by atoms with Gasteiger partial charge in [0, 0.05) is 34.3 Å². The Labute approximate surface area is 113 Å². The van der Waals surface area contributed by atoms with Crippen molar-refractivity contribution < 1.29 is 4.74 Å². The fourth-order valence-corrected chi connectivity index (χ4v) is 2.33. The van der Waals surface area contributed by atoms with Gasteiger partial charge >= 0.3 is 0 Å². The van der Waals surface area contributed by atoms with E-state index in [4.69, 9.17) is 4.74 Å². The minimum absolute atomic E-state index is 0.331. The molecule has 0 radical (unpaired) electrons. The first-order valence-corrected chi connectivity index (χ1v) is 6.83. The molecule has 0 aliphatic rings. The standard InChI is InChI=1S/C11H16Br2N2O/c1-3-16-7-8(2)14-6-11-10(13)4-9(12)5-15-11/h4-5,8,14H,3,6-7H2,1-2H3. The van der Waals surface area contributed by atoms with Crippen LogP contribution in [0.2, 0.25) is 0 Å². The summed E-state index contributed by atoms with van der Waals surface area (Å²) in [6.07, 6.45) is 1.80. The third kappa shape index (κ3) is 4.91. The Hall–Kier alpha value is 0.0300. The average Bonchev–Trinajstić information content (AvgIpc) is 2.25. The molecule has 0 aliphatic heterocycles. The van der Waals surface area contributed by atoms with Gasteiger partial charge in [0.1, 0.15) is 0 Å². The molecule has 0 saturated heterocycles. The molecule has 1 rings (SSSR count). The summed E-state index contributed by atoms with van der Waals surface area (Å²) < 4.78 is 7.32. The summed E-state index contributed by atoms with van der Waals surface area (Å²) >= 11 is 6.86. The maximum atomic E-state index is 5.33. The first kappa shape index (κ1) is 14.1. The van der Waals surface area contributed by atoms with E-state index in [1.807, 2.05) is 13.0 Å². The molecule has 1 unspecified atom stereocenters. The second-order valence-electron chi connectivity index (χ2n) is 3.52. The molecule has 90 valence electrons. The number of nitrogens with zero attached hydrogens (tertiary/aromatic N) is 1. The molecule has 0 spiro atoms. The number of ether oxygens (including phenoxy) is 1. The minimum atomic E-state index is 0.331. The van der Waals surface area contributed by atoms with Gasteiger partial charge in [-0.2, -0.15) is 0 Å². The lowest BCUT2D eigenvalue weighted by atomic mass is 10.3. The van der Waals surface area contributed by atoms with Gasteiger partial charge in [-0.15, -0.1) is 0 Å². The Bertz CT molecular complexity index is 334. The van der Waals surface area contributed by atoms with Crippen LogP contribution in [-0.2, 0) is 11.3 Å². The second-order valence-corrected chi connectivity index (χ2v) is 5.29. The first-order chi connectivity index (χ1) is 7.63. The number of hydrogen-bond donors (Lipinski definition) is 1. The number of pyridine rings is 1. The Kier molecular flexibility index (Phi) is 6.49. The Morgan fingerprint density at radius 3 is 2.88 bits per heavy atom. The van der Waals surface area contributed by atoms with E-state index >= 15 is 0 Å². The maximum Gasteiger partial charge on any atom is 0.0684 e. The number of hydrogen-bond acceptors (Lipinski definition) is 3. The Morgan fingerprint density at radius 1 is 1.50 bits per heavy atom. The topological polar surface area (TPSA) is 34.1 Å². The summed E-state index contributed by atoms with van der Waals surface area (Å²) in [5, 5.41) is 3.36. The van der Waals surface area contributed by atoms with Crippen LogP contribution in [0.4, 0.5) is 0 Å². The van der Waals surface area contributed by atoms with E-state index in [-0.39, 0.29) is 0 Å². The zero-order chi connectivity index (χ0) is 12.0. The van der Waals surface area contributed by atoms with E-state index < -0.39 is 0 Å². The average molecular weight is 352 g/mol. The quantitative estimate of drug-likeness (QED) is 0.854.